The number of aromatic nitrogens is 6. The van der Waals surface area contributed by atoms with Crippen LogP contribution >= 0.6 is 0 Å². The van der Waals surface area contributed by atoms with Crippen molar-refractivity contribution in [2.75, 3.05) is 33.2 Å². The molecular formula is C26H27FN8O4S. The normalized spacial score (nSPS) is 11.8. The maximum atomic E-state index is 15.8. The van der Waals surface area contributed by atoms with Gasteiger partial charge in [-0.05, 0) is 12.1 Å². The van der Waals surface area contributed by atoms with Crippen molar-refractivity contribution >= 4 is 32.6 Å². The molecule has 0 aliphatic rings. The first-order chi connectivity index (χ1) is 19.1. The van der Waals surface area contributed by atoms with E-state index in [2.05, 4.69) is 20.1 Å². The summed E-state index contributed by atoms with van der Waals surface area (Å²) < 4.78 is 56.2. The fraction of sp³-hybridized carbons (Fsp3) is 0.231. The summed E-state index contributed by atoms with van der Waals surface area (Å²) in [6, 6.07) is 6.60. The van der Waals surface area contributed by atoms with E-state index in [-0.39, 0.29) is 23.8 Å². The average Bonchev–Trinajstić information content (AvgIpc) is 3.60. The van der Waals surface area contributed by atoms with Crippen molar-refractivity contribution in [1.82, 2.24) is 33.0 Å². The maximum absolute atomic E-state index is 15.8. The molecule has 40 heavy (non-hydrogen) atoms. The van der Waals surface area contributed by atoms with Crippen molar-refractivity contribution in [3.63, 3.8) is 0 Å². The molecule has 4 heterocycles. The first kappa shape index (κ1) is 27.0. The van der Waals surface area contributed by atoms with Gasteiger partial charge in [-0.2, -0.15) is 17.8 Å². The number of fused-ring (bicyclic) bond motifs is 1. The Morgan fingerprint density at radius 3 is 2.45 bits per heavy atom. The van der Waals surface area contributed by atoms with Crippen molar-refractivity contribution in [2.24, 2.45) is 7.05 Å². The Morgan fingerprint density at radius 1 is 0.975 bits per heavy atom. The Balaban J connectivity index is 1.69. The smallest absolute Gasteiger partial charge is 0.308 e. The fourth-order valence-corrected chi connectivity index (χ4v) is 5.10. The molecule has 0 radical (unpaired) electrons. The van der Waals surface area contributed by atoms with Crippen LogP contribution in [0.15, 0.2) is 61.4 Å². The molecule has 0 unspecified atom stereocenters. The zero-order valence-corrected chi connectivity index (χ0v) is 23.3. The summed E-state index contributed by atoms with van der Waals surface area (Å²) in [5, 5.41) is 4.96. The summed E-state index contributed by atoms with van der Waals surface area (Å²) in [6.07, 6.45) is 9.62. The van der Waals surface area contributed by atoms with E-state index in [4.69, 9.17) is 9.47 Å². The van der Waals surface area contributed by atoms with Crippen LogP contribution < -0.4 is 14.4 Å². The number of benzene rings is 1. The standard InChI is InChI=1S/C26H27FN8O4S/c1-32(2)40(36,37)35-7-6-28-25(35)16-34(22-10-20(38-4)11-23(39-5)26(22)27)24-9-17-8-18(12-29-21(17)14-30-24)19-13-31-33(3)15-19/h6-15H,16H2,1-5H3. The quantitative estimate of drug-likeness (QED) is 0.264. The van der Waals surface area contributed by atoms with Crippen LogP contribution in [0.2, 0.25) is 0 Å². The van der Waals surface area contributed by atoms with Crippen molar-refractivity contribution in [2.45, 2.75) is 6.54 Å². The molecule has 5 rings (SSSR count). The zero-order valence-electron chi connectivity index (χ0n) is 22.5. The Hall–Kier alpha value is -4.56. The number of methoxy groups -OCH3 is 2. The van der Waals surface area contributed by atoms with Crippen LogP contribution in [0.1, 0.15) is 5.82 Å². The van der Waals surface area contributed by atoms with Crippen LogP contribution in [-0.2, 0) is 23.8 Å². The van der Waals surface area contributed by atoms with Crippen LogP contribution in [0.5, 0.6) is 11.5 Å². The number of nitrogens with zero attached hydrogens (tertiary/aromatic N) is 8. The van der Waals surface area contributed by atoms with E-state index in [1.165, 1.54) is 57.7 Å². The highest BCUT2D eigenvalue weighted by atomic mass is 32.2. The topological polar surface area (TPSA) is 120 Å². The lowest BCUT2D eigenvalue weighted by atomic mass is 10.1. The number of imidazole rings is 1. The molecule has 0 amide bonds. The first-order valence-corrected chi connectivity index (χ1v) is 13.4. The number of anilines is 2. The van der Waals surface area contributed by atoms with Gasteiger partial charge in [0.2, 0.25) is 0 Å². The molecule has 0 spiro atoms. The molecule has 1 aromatic carbocycles. The minimum absolute atomic E-state index is 0.0510. The summed E-state index contributed by atoms with van der Waals surface area (Å²) in [4.78, 5) is 14.9. The van der Waals surface area contributed by atoms with Gasteiger partial charge in [-0.25, -0.2) is 18.3 Å². The SMILES string of the molecule is COc1cc(OC)c(F)c(N(Cc2nccn2S(=O)(=O)N(C)C)c2cc3cc(-c4cnn(C)c4)cnc3cn2)c1. The molecule has 12 nitrogen and oxygen atoms in total. The number of pyridine rings is 2. The van der Waals surface area contributed by atoms with Crippen LogP contribution in [0.3, 0.4) is 0 Å². The molecule has 0 bridgehead atoms. The largest absolute Gasteiger partial charge is 0.497 e. The molecule has 5 aromatic rings. The Kier molecular flexibility index (Phi) is 7.12. The van der Waals surface area contributed by atoms with Gasteiger partial charge in [0.05, 0.1) is 44.4 Å². The molecule has 0 atom stereocenters. The third kappa shape index (κ3) is 4.94. The van der Waals surface area contributed by atoms with Crippen LogP contribution in [0.25, 0.3) is 22.0 Å². The van der Waals surface area contributed by atoms with Gasteiger partial charge in [0.15, 0.2) is 11.6 Å². The molecule has 0 aliphatic heterocycles. The predicted molar refractivity (Wildman–Crippen MR) is 147 cm³/mol. The van der Waals surface area contributed by atoms with E-state index in [0.717, 1.165) is 24.8 Å². The highest BCUT2D eigenvalue weighted by Crippen LogP contribution is 2.38. The molecule has 0 aliphatic carbocycles. The predicted octanol–water partition coefficient (Wildman–Crippen LogP) is 3.38. The van der Waals surface area contributed by atoms with Crippen LogP contribution in [0.4, 0.5) is 15.9 Å². The van der Waals surface area contributed by atoms with Crippen LogP contribution in [-0.4, -0.2) is 69.7 Å². The van der Waals surface area contributed by atoms with E-state index >= 15 is 4.39 Å². The minimum atomic E-state index is -3.90. The van der Waals surface area contributed by atoms with Gasteiger partial charge in [0.25, 0.3) is 0 Å². The number of ether oxygens (including phenoxy) is 2. The summed E-state index contributed by atoms with van der Waals surface area (Å²) in [7, 11) is 3.57. The third-order valence-corrected chi connectivity index (χ3v) is 8.05. The molecular weight excluding hydrogens is 539 g/mol. The average molecular weight is 567 g/mol. The highest BCUT2D eigenvalue weighted by Gasteiger charge is 2.26. The zero-order chi connectivity index (χ0) is 28.6. The summed E-state index contributed by atoms with van der Waals surface area (Å²) in [6.45, 7) is -0.151. The summed E-state index contributed by atoms with van der Waals surface area (Å²) in [5.74, 6) is 0.0671. The Bertz CT molecular complexity index is 1800. The second kappa shape index (κ2) is 10.5. The lowest BCUT2D eigenvalue weighted by Gasteiger charge is -2.26. The third-order valence-electron chi connectivity index (χ3n) is 6.30. The minimum Gasteiger partial charge on any atom is -0.497 e. The van der Waals surface area contributed by atoms with E-state index in [9.17, 15) is 8.42 Å². The summed E-state index contributed by atoms with van der Waals surface area (Å²) in [5.41, 5.74) is 2.39. The van der Waals surface area contributed by atoms with Crippen molar-refractivity contribution in [3.05, 3.63) is 73.1 Å². The molecule has 208 valence electrons. The van der Waals surface area contributed by atoms with Crippen molar-refractivity contribution in [1.29, 1.82) is 0 Å². The fourth-order valence-electron chi connectivity index (χ4n) is 4.17. The Labute approximate surface area is 230 Å². The number of halogens is 1. The molecule has 4 aromatic heterocycles. The van der Waals surface area contributed by atoms with Gasteiger partial charge >= 0.3 is 10.2 Å². The Morgan fingerprint density at radius 2 is 1.77 bits per heavy atom. The van der Waals surface area contributed by atoms with Crippen molar-refractivity contribution < 1.29 is 22.3 Å². The maximum Gasteiger partial charge on any atom is 0.308 e. The second-order valence-corrected chi connectivity index (χ2v) is 11.1. The van der Waals surface area contributed by atoms with Gasteiger partial charge < -0.3 is 14.4 Å². The van der Waals surface area contributed by atoms with Gasteiger partial charge in [0.1, 0.15) is 17.4 Å². The highest BCUT2D eigenvalue weighted by molar-refractivity contribution is 7.87. The monoisotopic (exact) mass is 566 g/mol. The van der Waals surface area contributed by atoms with E-state index in [0.29, 0.717) is 17.1 Å². The van der Waals surface area contributed by atoms with E-state index < -0.39 is 16.0 Å². The number of aryl methyl sites for hydroxylation is 1. The lowest BCUT2D eigenvalue weighted by Crippen LogP contribution is -2.31. The summed E-state index contributed by atoms with van der Waals surface area (Å²) >= 11 is 0. The van der Waals surface area contributed by atoms with Crippen molar-refractivity contribution in [3.8, 4) is 22.6 Å². The number of hydrogen-bond acceptors (Lipinski definition) is 9. The number of rotatable bonds is 9. The first-order valence-electron chi connectivity index (χ1n) is 12.0. The molecule has 14 heteroatoms. The molecule has 0 saturated carbocycles. The van der Waals surface area contributed by atoms with Gasteiger partial charge in [0, 0.05) is 74.6 Å². The molecule has 0 N–H and O–H groups in total. The molecule has 0 fully saturated rings. The van der Waals surface area contributed by atoms with E-state index in [1.54, 1.807) is 29.3 Å². The van der Waals surface area contributed by atoms with Crippen LogP contribution in [0, 0.1) is 5.82 Å². The van der Waals surface area contributed by atoms with Gasteiger partial charge in [-0.15, -0.1) is 0 Å². The molecule has 0 saturated heterocycles. The van der Waals surface area contributed by atoms with E-state index in [1.807, 2.05) is 19.3 Å². The van der Waals surface area contributed by atoms with Gasteiger partial charge in [-0.3, -0.25) is 9.67 Å². The number of hydrogen-bond donors (Lipinski definition) is 0. The second-order valence-electron chi connectivity index (χ2n) is 9.04. The van der Waals surface area contributed by atoms with Gasteiger partial charge in [-0.1, -0.05) is 0 Å². The lowest BCUT2D eigenvalue weighted by molar-refractivity contribution is 0.374.